The fourth-order valence-electron chi connectivity index (χ4n) is 0.796. The molecule has 60 valence electrons. The van der Waals surface area contributed by atoms with Gasteiger partial charge in [-0.2, -0.15) is 0 Å². The summed E-state index contributed by atoms with van der Waals surface area (Å²) in [4.78, 5) is 4.98. The minimum absolute atomic E-state index is 0.712. The molecule has 1 rings (SSSR count). The van der Waals surface area contributed by atoms with E-state index in [2.05, 4.69) is 4.98 Å². The van der Waals surface area contributed by atoms with Gasteiger partial charge in [0.05, 0.1) is 4.90 Å². The number of hydrogen-bond donors (Lipinski definition) is 2. The van der Waals surface area contributed by atoms with Crippen LogP contribution in [0.2, 0.25) is 0 Å². The molecule has 0 aliphatic carbocycles. The Bertz CT molecular complexity index is 249. The normalized spacial score (nSPS) is 10.0. The van der Waals surface area contributed by atoms with Crippen molar-refractivity contribution in [1.29, 1.82) is 0 Å². The maximum absolute atomic E-state index is 5.67. The van der Waals surface area contributed by atoms with Crippen LogP contribution in [-0.4, -0.2) is 4.98 Å². The highest BCUT2D eigenvalue weighted by atomic mass is 32.2. The highest BCUT2D eigenvalue weighted by molar-refractivity contribution is 7.97. The van der Waals surface area contributed by atoms with Crippen LogP contribution in [0.4, 0.5) is 5.69 Å². The Hall–Kier alpha value is -0.740. The monoisotopic (exact) mass is 169 g/mol. The van der Waals surface area contributed by atoms with Crippen LogP contribution in [0.25, 0.3) is 0 Å². The molecule has 0 aromatic carbocycles. The second-order valence-electron chi connectivity index (χ2n) is 2.18. The highest BCUT2D eigenvalue weighted by Gasteiger charge is 1.98. The number of nitrogens with zero attached hydrogens (tertiary/aromatic N) is 1. The first-order chi connectivity index (χ1) is 5.27. The summed E-state index contributed by atoms with van der Waals surface area (Å²) in [5, 5.41) is 5.34. The molecular formula is C7H11N3S. The molecule has 0 fully saturated rings. The molecule has 0 aliphatic rings. The van der Waals surface area contributed by atoms with E-state index >= 15 is 0 Å². The molecule has 4 heteroatoms. The van der Waals surface area contributed by atoms with Crippen LogP contribution < -0.4 is 10.9 Å². The van der Waals surface area contributed by atoms with Gasteiger partial charge in [-0.15, -0.1) is 0 Å². The molecule has 0 aliphatic heterocycles. The standard InChI is InChI=1S/C7H11N3S/c1-2-5-3-6(8)7(11-9)4-10-5/h3-4H,2,9H2,1H3,(H2,8,10). The zero-order chi connectivity index (χ0) is 8.27. The lowest BCUT2D eigenvalue weighted by Gasteiger charge is -2.02. The fraction of sp³-hybridized carbons (Fsp3) is 0.286. The molecule has 0 bridgehead atoms. The van der Waals surface area contributed by atoms with Crippen LogP contribution in [0.1, 0.15) is 12.6 Å². The van der Waals surface area contributed by atoms with Crippen LogP contribution in [0.5, 0.6) is 0 Å². The van der Waals surface area contributed by atoms with Gasteiger partial charge >= 0.3 is 0 Å². The lowest BCUT2D eigenvalue weighted by Crippen LogP contribution is -1.95. The Morgan fingerprint density at radius 2 is 2.36 bits per heavy atom. The molecule has 0 amide bonds. The molecular weight excluding hydrogens is 158 g/mol. The number of aryl methyl sites for hydroxylation is 1. The van der Waals surface area contributed by atoms with Crippen molar-refractivity contribution in [3.05, 3.63) is 18.0 Å². The number of pyridine rings is 1. The summed E-state index contributed by atoms with van der Waals surface area (Å²) in [5.74, 6) is 0. The number of nitrogens with two attached hydrogens (primary N) is 2. The summed E-state index contributed by atoms with van der Waals surface area (Å²) in [7, 11) is 0. The summed E-state index contributed by atoms with van der Waals surface area (Å²) < 4.78 is 0. The van der Waals surface area contributed by atoms with E-state index < -0.39 is 0 Å². The van der Waals surface area contributed by atoms with Crippen LogP contribution in [0, 0.1) is 0 Å². The van der Waals surface area contributed by atoms with Gasteiger partial charge in [-0.05, 0) is 24.4 Å². The van der Waals surface area contributed by atoms with Crippen molar-refractivity contribution in [1.82, 2.24) is 4.98 Å². The van der Waals surface area contributed by atoms with E-state index in [-0.39, 0.29) is 0 Å². The van der Waals surface area contributed by atoms with Crippen LogP contribution in [0.3, 0.4) is 0 Å². The van der Waals surface area contributed by atoms with Crippen LogP contribution >= 0.6 is 11.9 Å². The minimum atomic E-state index is 0.712. The highest BCUT2D eigenvalue weighted by Crippen LogP contribution is 2.19. The number of aromatic nitrogens is 1. The zero-order valence-electron chi connectivity index (χ0n) is 6.37. The predicted molar refractivity (Wildman–Crippen MR) is 48.1 cm³/mol. The van der Waals surface area contributed by atoms with Gasteiger partial charge < -0.3 is 5.73 Å². The van der Waals surface area contributed by atoms with Crippen molar-refractivity contribution >= 4 is 17.6 Å². The minimum Gasteiger partial charge on any atom is -0.398 e. The van der Waals surface area contributed by atoms with E-state index in [0.29, 0.717) is 5.69 Å². The van der Waals surface area contributed by atoms with Gasteiger partial charge in [-0.25, -0.2) is 0 Å². The number of anilines is 1. The van der Waals surface area contributed by atoms with E-state index in [1.807, 2.05) is 13.0 Å². The third-order valence-corrected chi connectivity index (χ3v) is 2.04. The summed E-state index contributed by atoms with van der Waals surface area (Å²) in [6, 6.07) is 1.86. The summed E-state index contributed by atoms with van der Waals surface area (Å²) in [6.45, 7) is 2.04. The quantitative estimate of drug-likeness (QED) is 0.653. The topological polar surface area (TPSA) is 64.9 Å². The summed E-state index contributed by atoms with van der Waals surface area (Å²) >= 11 is 1.13. The molecule has 11 heavy (non-hydrogen) atoms. The van der Waals surface area contributed by atoms with E-state index in [9.17, 15) is 0 Å². The Kier molecular flexibility index (Phi) is 2.73. The second-order valence-corrected chi connectivity index (χ2v) is 2.86. The van der Waals surface area contributed by atoms with Crippen molar-refractivity contribution in [2.75, 3.05) is 5.73 Å². The maximum Gasteiger partial charge on any atom is 0.0638 e. The molecule has 1 aromatic rings. The fourth-order valence-corrected chi connectivity index (χ4v) is 1.10. The smallest absolute Gasteiger partial charge is 0.0638 e. The summed E-state index contributed by atoms with van der Waals surface area (Å²) in [6.07, 6.45) is 2.61. The zero-order valence-corrected chi connectivity index (χ0v) is 7.19. The van der Waals surface area contributed by atoms with E-state index in [1.54, 1.807) is 6.20 Å². The molecule has 0 radical (unpaired) electrons. The SMILES string of the molecule is CCc1cc(N)c(SN)cn1. The van der Waals surface area contributed by atoms with E-state index in [4.69, 9.17) is 10.9 Å². The lowest BCUT2D eigenvalue weighted by atomic mass is 10.3. The first-order valence-corrected chi connectivity index (χ1v) is 4.27. The second kappa shape index (κ2) is 3.59. The van der Waals surface area contributed by atoms with Crippen molar-refractivity contribution in [3.8, 4) is 0 Å². The van der Waals surface area contributed by atoms with Crippen molar-refractivity contribution in [2.45, 2.75) is 18.2 Å². The number of hydrogen-bond acceptors (Lipinski definition) is 4. The first-order valence-electron chi connectivity index (χ1n) is 3.39. The van der Waals surface area contributed by atoms with Gasteiger partial charge in [0.1, 0.15) is 0 Å². The molecule has 1 aromatic heterocycles. The van der Waals surface area contributed by atoms with Crippen molar-refractivity contribution < 1.29 is 0 Å². The van der Waals surface area contributed by atoms with Gasteiger partial charge in [-0.1, -0.05) is 6.92 Å². The molecule has 1 heterocycles. The van der Waals surface area contributed by atoms with E-state index in [1.165, 1.54) is 0 Å². The number of nitrogen functional groups attached to an aromatic ring is 1. The van der Waals surface area contributed by atoms with Gasteiger partial charge in [0, 0.05) is 17.6 Å². The van der Waals surface area contributed by atoms with Gasteiger partial charge in [0.15, 0.2) is 0 Å². The largest absolute Gasteiger partial charge is 0.398 e. The first kappa shape index (κ1) is 8.36. The Labute approximate surface area is 70.3 Å². The average Bonchev–Trinajstić information content (AvgIpc) is 2.04. The van der Waals surface area contributed by atoms with Crippen molar-refractivity contribution in [2.24, 2.45) is 5.14 Å². The number of rotatable bonds is 2. The van der Waals surface area contributed by atoms with E-state index in [0.717, 1.165) is 29.0 Å². The molecule has 4 N–H and O–H groups in total. The predicted octanol–water partition coefficient (Wildman–Crippen LogP) is 1.19. The van der Waals surface area contributed by atoms with Gasteiger partial charge in [0.25, 0.3) is 0 Å². The lowest BCUT2D eigenvalue weighted by molar-refractivity contribution is 1.02. The third-order valence-electron chi connectivity index (χ3n) is 1.44. The average molecular weight is 169 g/mol. The third kappa shape index (κ3) is 1.85. The Morgan fingerprint density at radius 3 is 2.82 bits per heavy atom. The Balaban J connectivity index is 2.99. The van der Waals surface area contributed by atoms with Crippen molar-refractivity contribution in [3.63, 3.8) is 0 Å². The molecule has 0 spiro atoms. The van der Waals surface area contributed by atoms with Crippen LogP contribution in [-0.2, 0) is 6.42 Å². The molecule has 0 unspecified atom stereocenters. The molecule has 0 atom stereocenters. The molecule has 3 nitrogen and oxygen atoms in total. The van der Waals surface area contributed by atoms with Gasteiger partial charge in [0.2, 0.25) is 0 Å². The van der Waals surface area contributed by atoms with Gasteiger partial charge in [-0.3, -0.25) is 10.1 Å². The molecule has 0 saturated carbocycles. The maximum atomic E-state index is 5.67. The van der Waals surface area contributed by atoms with Crippen LogP contribution in [0.15, 0.2) is 17.2 Å². The molecule has 0 saturated heterocycles. The Morgan fingerprint density at radius 1 is 1.64 bits per heavy atom. The summed E-state index contributed by atoms with van der Waals surface area (Å²) in [5.41, 5.74) is 7.38.